The standard InChI is InChI=1S/C7H7N5O/c8-9-7(13)4-1-2-5-6(3-4)11-12-10-5/h1-3H,8H2,(H,9,13)(H,10,11,12). The number of nitrogen functional groups attached to an aromatic ring is 1. The van der Waals surface area contributed by atoms with E-state index < -0.39 is 0 Å². The fraction of sp³-hybridized carbons (Fsp3) is 0. The van der Waals surface area contributed by atoms with Crippen LogP contribution < -0.4 is 11.3 Å². The van der Waals surface area contributed by atoms with Crippen molar-refractivity contribution in [1.29, 1.82) is 0 Å². The molecule has 0 bridgehead atoms. The third-order valence-corrected chi connectivity index (χ3v) is 1.71. The molecule has 1 aromatic carbocycles. The highest BCUT2D eigenvalue weighted by Crippen LogP contribution is 2.09. The minimum absolute atomic E-state index is 0.343. The molecule has 0 aliphatic rings. The smallest absolute Gasteiger partial charge is 0.265 e. The summed E-state index contributed by atoms with van der Waals surface area (Å²) in [5, 5.41) is 10.1. The van der Waals surface area contributed by atoms with Crippen LogP contribution in [0, 0.1) is 0 Å². The molecule has 13 heavy (non-hydrogen) atoms. The molecule has 0 saturated carbocycles. The van der Waals surface area contributed by atoms with Gasteiger partial charge >= 0.3 is 0 Å². The topological polar surface area (TPSA) is 96.7 Å². The Morgan fingerprint density at radius 1 is 1.38 bits per heavy atom. The van der Waals surface area contributed by atoms with Gasteiger partial charge in [0.2, 0.25) is 0 Å². The number of hydrazine groups is 1. The molecule has 0 saturated heterocycles. The monoisotopic (exact) mass is 177 g/mol. The molecule has 0 radical (unpaired) electrons. The molecule has 6 heteroatoms. The van der Waals surface area contributed by atoms with Crippen LogP contribution in [0.15, 0.2) is 18.2 Å². The third-order valence-electron chi connectivity index (χ3n) is 1.71. The van der Waals surface area contributed by atoms with E-state index in [1.165, 1.54) is 0 Å². The van der Waals surface area contributed by atoms with Gasteiger partial charge in [-0.1, -0.05) is 0 Å². The Bertz CT molecular complexity index is 449. The molecular formula is C7H7N5O. The number of amides is 1. The van der Waals surface area contributed by atoms with Crippen LogP contribution in [-0.2, 0) is 0 Å². The Hall–Kier alpha value is -1.95. The van der Waals surface area contributed by atoms with Crippen LogP contribution in [0.25, 0.3) is 11.0 Å². The van der Waals surface area contributed by atoms with Gasteiger partial charge in [-0.15, -0.1) is 0 Å². The van der Waals surface area contributed by atoms with Crippen molar-refractivity contribution in [3.8, 4) is 0 Å². The van der Waals surface area contributed by atoms with E-state index in [0.717, 1.165) is 0 Å². The van der Waals surface area contributed by atoms with Crippen molar-refractivity contribution in [1.82, 2.24) is 20.8 Å². The number of hydrogen-bond donors (Lipinski definition) is 3. The van der Waals surface area contributed by atoms with Gasteiger partial charge in [-0.2, -0.15) is 15.4 Å². The number of nitrogens with one attached hydrogen (secondary N) is 2. The molecule has 6 nitrogen and oxygen atoms in total. The first kappa shape index (κ1) is 7.69. The molecule has 2 rings (SSSR count). The molecule has 0 unspecified atom stereocenters. The maximum Gasteiger partial charge on any atom is 0.265 e. The summed E-state index contributed by atoms with van der Waals surface area (Å²) in [6, 6.07) is 4.94. The van der Waals surface area contributed by atoms with Gasteiger partial charge in [0, 0.05) is 5.56 Å². The lowest BCUT2D eigenvalue weighted by molar-refractivity contribution is 0.0954. The van der Waals surface area contributed by atoms with Gasteiger partial charge in [0.15, 0.2) is 0 Å². The van der Waals surface area contributed by atoms with Crippen molar-refractivity contribution in [3.05, 3.63) is 23.8 Å². The highest BCUT2D eigenvalue weighted by Gasteiger charge is 2.05. The molecule has 2 aromatic rings. The molecular weight excluding hydrogens is 170 g/mol. The Morgan fingerprint density at radius 2 is 2.15 bits per heavy atom. The van der Waals surface area contributed by atoms with Gasteiger partial charge in [0.1, 0.15) is 11.0 Å². The van der Waals surface area contributed by atoms with Gasteiger partial charge < -0.3 is 0 Å². The van der Waals surface area contributed by atoms with E-state index in [1.54, 1.807) is 18.2 Å². The van der Waals surface area contributed by atoms with Crippen LogP contribution >= 0.6 is 0 Å². The average Bonchev–Trinajstić information content (AvgIpc) is 2.63. The van der Waals surface area contributed by atoms with Crippen LogP contribution in [0.2, 0.25) is 0 Å². The van der Waals surface area contributed by atoms with Crippen LogP contribution in [-0.4, -0.2) is 21.3 Å². The first-order valence-electron chi connectivity index (χ1n) is 3.63. The minimum atomic E-state index is -0.343. The van der Waals surface area contributed by atoms with Crippen LogP contribution in [0.3, 0.4) is 0 Å². The summed E-state index contributed by atoms with van der Waals surface area (Å²) in [6.07, 6.45) is 0. The number of benzene rings is 1. The van der Waals surface area contributed by atoms with Crippen molar-refractivity contribution in [2.75, 3.05) is 0 Å². The summed E-state index contributed by atoms with van der Waals surface area (Å²) in [7, 11) is 0. The number of fused-ring (bicyclic) bond motifs is 1. The first-order valence-corrected chi connectivity index (χ1v) is 3.63. The van der Waals surface area contributed by atoms with E-state index >= 15 is 0 Å². The molecule has 0 fully saturated rings. The number of carbonyl (C=O) groups is 1. The lowest BCUT2D eigenvalue weighted by Gasteiger charge is -1.97. The highest BCUT2D eigenvalue weighted by molar-refractivity contribution is 5.96. The van der Waals surface area contributed by atoms with Crippen molar-refractivity contribution in [2.45, 2.75) is 0 Å². The predicted molar refractivity (Wildman–Crippen MR) is 45.5 cm³/mol. The van der Waals surface area contributed by atoms with Crippen molar-refractivity contribution in [3.63, 3.8) is 0 Å². The number of aromatic amines is 1. The van der Waals surface area contributed by atoms with Crippen LogP contribution in [0.1, 0.15) is 10.4 Å². The quantitative estimate of drug-likeness (QED) is 0.312. The molecule has 1 heterocycles. The van der Waals surface area contributed by atoms with Gasteiger partial charge in [0.05, 0.1) is 0 Å². The summed E-state index contributed by atoms with van der Waals surface area (Å²) >= 11 is 0. The Kier molecular flexibility index (Phi) is 1.67. The fourth-order valence-electron chi connectivity index (χ4n) is 1.06. The number of carbonyl (C=O) groups excluding carboxylic acids is 1. The van der Waals surface area contributed by atoms with E-state index in [9.17, 15) is 4.79 Å². The number of nitrogens with two attached hydrogens (primary N) is 1. The lowest BCUT2D eigenvalue weighted by Crippen LogP contribution is -2.29. The number of H-pyrrole nitrogens is 1. The second-order valence-corrected chi connectivity index (χ2v) is 2.50. The van der Waals surface area contributed by atoms with E-state index in [2.05, 4.69) is 15.4 Å². The zero-order valence-electron chi connectivity index (χ0n) is 6.61. The zero-order chi connectivity index (χ0) is 9.26. The van der Waals surface area contributed by atoms with Gasteiger partial charge in [-0.3, -0.25) is 10.2 Å². The normalized spacial score (nSPS) is 10.2. The summed E-state index contributed by atoms with van der Waals surface area (Å²) in [4.78, 5) is 11.1. The predicted octanol–water partition coefficient (Wildman–Crippen LogP) is -0.439. The Labute approximate surface area is 73.1 Å². The van der Waals surface area contributed by atoms with Crippen LogP contribution in [0.5, 0.6) is 0 Å². The van der Waals surface area contributed by atoms with Gasteiger partial charge in [-0.05, 0) is 18.2 Å². The van der Waals surface area contributed by atoms with Gasteiger partial charge in [0.25, 0.3) is 5.91 Å². The molecule has 4 N–H and O–H groups in total. The van der Waals surface area contributed by atoms with Gasteiger partial charge in [-0.25, -0.2) is 5.84 Å². The average molecular weight is 177 g/mol. The zero-order valence-corrected chi connectivity index (χ0v) is 6.61. The maximum atomic E-state index is 11.1. The fourth-order valence-corrected chi connectivity index (χ4v) is 1.06. The van der Waals surface area contributed by atoms with E-state index in [-0.39, 0.29) is 5.91 Å². The van der Waals surface area contributed by atoms with E-state index in [1.807, 2.05) is 5.43 Å². The number of rotatable bonds is 1. The molecule has 0 spiro atoms. The summed E-state index contributed by atoms with van der Waals surface area (Å²) in [6.45, 7) is 0. The molecule has 0 aliphatic heterocycles. The molecule has 0 aliphatic carbocycles. The van der Waals surface area contributed by atoms with Crippen molar-refractivity contribution in [2.24, 2.45) is 5.84 Å². The summed E-state index contributed by atoms with van der Waals surface area (Å²) in [5.74, 6) is 4.64. The summed E-state index contributed by atoms with van der Waals surface area (Å²) in [5.41, 5.74) is 3.86. The van der Waals surface area contributed by atoms with Crippen molar-refractivity contribution < 1.29 is 4.79 Å². The second kappa shape index (κ2) is 2.83. The minimum Gasteiger partial charge on any atom is -0.290 e. The number of nitrogens with zero attached hydrogens (tertiary/aromatic N) is 2. The highest BCUT2D eigenvalue weighted by atomic mass is 16.2. The first-order chi connectivity index (χ1) is 6.31. The second-order valence-electron chi connectivity index (χ2n) is 2.50. The number of hydrogen-bond acceptors (Lipinski definition) is 4. The molecule has 66 valence electrons. The van der Waals surface area contributed by atoms with E-state index in [0.29, 0.717) is 16.6 Å². The van der Waals surface area contributed by atoms with E-state index in [4.69, 9.17) is 5.84 Å². The maximum absolute atomic E-state index is 11.1. The largest absolute Gasteiger partial charge is 0.290 e. The number of aromatic nitrogens is 3. The summed E-state index contributed by atoms with van der Waals surface area (Å²) < 4.78 is 0. The Morgan fingerprint density at radius 3 is 2.92 bits per heavy atom. The molecule has 1 amide bonds. The molecule has 0 atom stereocenters. The lowest BCUT2D eigenvalue weighted by atomic mass is 10.2. The van der Waals surface area contributed by atoms with Crippen LogP contribution in [0.4, 0.5) is 0 Å². The molecule has 1 aromatic heterocycles. The van der Waals surface area contributed by atoms with Crippen molar-refractivity contribution >= 4 is 16.9 Å². The SMILES string of the molecule is NNC(=O)c1ccc2n[nH]nc2c1. The Balaban J connectivity index is 2.54. The third kappa shape index (κ3) is 1.23.